The molecule has 0 radical (unpaired) electrons. The smallest absolute Gasteiger partial charge is 0.238 e. The van der Waals surface area contributed by atoms with E-state index in [4.69, 9.17) is 0 Å². The van der Waals surface area contributed by atoms with Gasteiger partial charge in [-0.2, -0.15) is 0 Å². The van der Waals surface area contributed by atoms with Crippen LogP contribution in [0.4, 0.5) is 5.69 Å². The molecule has 0 bridgehead atoms. The Kier molecular flexibility index (Phi) is 7.51. The molecule has 22 heavy (non-hydrogen) atoms. The number of hydrogen-bond acceptors (Lipinski definition) is 4. The summed E-state index contributed by atoms with van der Waals surface area (Å²) < 4.78 is 0. The van der Waals surface area contributed by atoms with E-state index in [1.165, 1.54) is 6.92 Å². The number of Topliss-reactive ketones (excluding diaryl/α,β-unsaturated/α-hetero) is 1. The van der Waals surface area contributed by atoms with Crippen LogP contribution in [0.2, 0.25) is 0 Å². The van der Waals surface area contributed by atoms with Gasteiger partial charge in [0.1, 0.15) is 0 Å². The predicted octanol–water partition coefficient (Wildman–Crippen LogP) is 1.93. The number of carbonyl (C=O) groups excluding carboxylic acids is 2. The molecule has 1 heterocycles. The van der Waals surface area contributed by atoms with Crippen molar-refractivity contribution in [2.75, 3.05) is 32.0 Å². The zero-order chi connectivity index (χ0) is 15.2. The summed E-state index contributed by atoms with van der Waals surface area (Å²) in [4.78, 5) is 25.6. The predicted molar refractivity (Wildman–Crippen MR) is 90.8 cm³/mol. The third-order valence-corrected chi connectivity index (χ3v) is 3.83. The van der Waals surface area contributed by atoms with Crippen molar-refractivity contribution < 1.29 is 9.59 Å². The number of rotatable bonds is 5. The molecular formula is C16H24ClN3O2. The Morgan fingerprint density at radius 3 is 2.82 bits per heavy atom. The fraction of sp³-hybridized carbons (Fsp3) is 0.500. The monoisotopic (exact) mass is 325 g/mol. The number of piperidine rings is 1. The summed E-state index contributed by atoms with van der Waals surface area (Å²) >= 11 is 0. The van der Waals surface area contributed by atoms with Gasteiger partial charge in [-0.05, 0) is 45.5 Å². The van der Waals surface area contributed by atoms with Gasteiger partial charge >= 0.3 is 0 Å². The van der Waals surface area contributed by atoms with E-state index < -0.39 is 0 Å². The first-order valence-corrected chi connectivity index (χ1v) is 7.39. The second-order valence-corrected chi connectivity index (χ2v) is 5.55. The Bertz CT molecular complexity index is 522. The first-order valence-electron chi connectivity index (χ1n) is 7.39. The van der Waals surface area contributed by atoms with Gasteiger partial charge in [-0.15, -0.1) is 12.4 Å². The van der Waals surface area contributed by atoms with Crippen molar-refractivity contribution in [1.82, 2.24) is 10.2 Å². The molecule has 1 aromatic rings. The minimum Gasteiger partial charge on any atom is -0.325 e. The number of ketones is 1. The first-order chi connectivity index (χ1) is 10.1. The van der Waals surface area contributed by atoms with Crippen LogP contribution >= 0.6 is 12.4 Å². The molecule has 0 spiro atoms. The van der Waals surface area contributed by atoms with Crippen molar-refractivity contribution in [2.45, 2.75) is 25.8 Å². The van der Waals surface area contributed by atoms with E-state index in [2.05, 4.69) is 15.5 Å². The van der Waals surface area contributed by atoms with E-state index in [-0.39, 0.29) is 24.1 Å². The topological polar surface area (TPSA) is 61.4 Å². The van der Waals surface area contributed by atoms with E-state index in [1.54, 1.807) is 24.3 Å². The van der Waals surface area contributed by atoms with Crippen molar-refractivity contribution in [3.05, 3.63) is 29.8 Å². The van der Waals surface area contributed by atoms with Gasteiger partial charge in [0.05, 0.1) is 6.54 Å². The molecule has 1 saturated heterocycles. The van der Waals surface area contributed by atoms with Crippen LogP contribution in [0.1, 0.15) is 30.1 Å². The minimum atomic E-state index is -0.0348. The second kappa shape index (κ2) is 8.88. The Morgan fingerprint density at radius 2 is 2.14 bits per heavy atom. The molecule has 1 fully saturated rings. The Hall–Kier alpha value is -1.43. The van der Waals surface area contributed by atoms with Crippen molar-refractivity contribution >= 4 is 29.8 Å². The van der Waals surface area contributed by atoms with Crippen LogP contribution in [0.3, 0.4) is 0 Å². The zero-order valence-electron chi connectivity index (χ0n) is 13.1. The molecule has 0 saturated carbocycles. The molecule has 1 aliphatic heterocycles. The van der Waals surface area contributed by atoms with Crippen LogP contribution in [0.25, 0.3) is 0 Å². The van der Waals surface area contributed by atoms with E-state index in [9.17, 15) is 9.59 Å². The summed E-state index contributed by atoms with van der Waals surface area (Å²) in [6, 6.07) is 7.52. The highest BCUT2D eigenvalue weighted by molar-refractivity contribution is 5.97. The molecule has 0 aromatic heterocycles. The van der Waals surface area contributed by atoms with Crippen molar-refractivity contribution in [3.63, 3.8) is 0 Å². The average molecular weight is 326 g/mol. The summed E-state index contributed by atoms with van der Waals surface area (Å²) in [6.07, 6.45) is 2.27. The molecule has 1 aromatic carbocycles. The highest BCUT2D eigenvalue weighted by Gasteiger charge is 2.20. The van der Waals surface area contributed by atoms with Crippen LogP contribution in [-0.4, -0.2) is 49.3 Å². The molecule has 2 rings (SSSR count). The fourth-order valence-electron chi connectivity index (χ4n) is 2.65. The largest absolute Gasteiger partial charge is 0.325 e. The van der Waals surface area contributed by atoms with Crippen LogP contribution in [0.5, 0.6) is 0 Å². The SMILES string of the molecule is CNC1CCCN(CC(=O)Nc2cccc(C(C)=O)c2)C1.Cl. The van der Waals surface area contributed by atoms with E-state index >= 15 is 0 Å². The van der Waals surface area contributed by atoms with Gasteiger partial charge in [0.25, 0.3) is 0 Å². The van der Waals surface area contributed by atoms with Gasteiger partial charge in [0.2, 0.25) is 5.91 Å². The first kappa shape index (κ1) is 18.6. The number of amides is 1. The summed E-state index contributed by atoms with van der Waals surface area (Å²) in [6.45, 7) is 3.77. The number of hydrogen-bond donors (Lipinski definition) is 2. The molecule has 1 unspecified atom stereocenters. The number of likely N-dealkylation sites (N-methyl/N-ethyl adjacent to an activating group) is 1. The van der Waals surface area contributed by atoms with Crippen LogP contribution in [0, 0.1) is 0 Å². The van der Waals surface area contributed by atoms with E-state index in [1.807, 2.05) is 7.05 Å². The summed E-state index contributed by atoms with van der Waals surface area (Å²) in [5.41, 5.74) is 1.29. The van der Waals surface area contributed by atoms with Crippen LogP contribution in [-0.2, 0) is 4.79 Å². The lowest BCUT2D eigenvalue weighted by Crippen LogP contribution is -2.46. The number of anilines is 1. The second-order valence-electron chi connectivity index (χ2n) is 5.55. The maximum Gasteiger partial charge on any atom is 0.238 e. The summed E-state index contributed by atoms with van der Waals surface area (Å²) in [5, 5.41) is 6.13. The highest BCUT2D eigenvalue weighted by Crippen LogP contribution is 2.12. The van der Waals surface area contributed by atoms with Crippen LogP contribution in [0.15, 0.2) is 24.3 Å². The number of benzene rings is 1. The lowest BCUT2D eigenvalue weighted by Gasteiger charge is -2.31. The quantitative estimate of drug-likeness (QED) is 0.812. The highest BCUT2D eigenvalue weighted by atomic mass is 35.5. The van der Waals surface area contributed by atoms with Crippen molar-refractivity contribution in [1.29, 1.82) is 0 Å². The number of carbonyl (C=O) groups is 2. The van der Waals surface area contributed by atoms with Gasteiger partial charge in [-0.25, -0.2) is 0 Å². The van der Waals surface area contributed by atoms with Gasteiger partial charge in [-0.3, -0.25) is 14.5 Å². The normalized spacial score (nSPS) is 18.4. The van der Waals surface area contributed by atoms with Crippen LogP contribution < -0.4 is 10.6 Å². The number of nitrogens with one attached hydrogen (secondary N) is 2. The molecular weight excluding hydrogens is 302 g/mol. The lowest BCUT2D eigenvalue weighted by molar-refractivity contribution is -0.117. The molecule has 6 heteroatoms. The maximum absolute atomic E-state index is 12.1. The molecule has 122 valence electrons. The van der Waals surface area contributed by atoms with Gasteiger partial charge < -0.3 is 10.6 Å². The minimum absolute atomic E-state index is 0. The molecule has 5 nitrogen and oxygen atoms in total. The number of halogens is 1. The molecule has 1 aliphatic rings. The average Bonchev–Trinajstić information content (AvgIpc) is 2.47. The van der Waals surface area contributed by atoms with Gasteiger partial charge in [0, 0.05) is 23.8 Å². The number of nitrogens with zero attached hydrogens (tertiary/aromatic N) is 1. The Balaban J connectivity index is 0.00000242. The Labute approximate surface area is 137 Å². The summed E-state index contributed by atoms with van der Waals surface area (Å²) in [5.74, 6) is -0.0357. The van der Waals surface area contributed by atoms with E-state index in [0.29, 0.717) is 23.8 Å². The maximum atomic E-state index is 12.1. The van der Waals surface area contributed by atoms with E-state index in [0.717, 1.165) is 25.9 Å². The molecule has 1 atom stereocenters. The van der Waals surface area contributed by atoms with Crippen molar-refractivity contribution in [3.8, 4) is 0 Å². The lowest BCUT2D eigenvalue weighted by atomic mass is 10.1. The third-order valence-electron chi connectivity index (χ3n) is 3.83. The van der Waals surface area contributed by atoms with Crippen molar-refractivity contribution in [2.24, 2.45) is 0 Å². The molecule has 0 aliphatic carbocycles. The molecule has 2 N–H and O–H groups in total. The fourth-order valence-corrected chi connectivity index (χ4v) is 2.65. The molecule has 1 amide bonds. The van der Waals surface area contributed by atoms with Gasteiger partial charge in [0.15, 0.2) is 5.78 Å². The van der Waals surface area contributed by atoms with Gasteiger partial charge in [-0.1, -0.05) is 12.1 Å². The third kappa shape index (κ3) is 5.40. The number of likely N-dealkylation sites (tertiary alicyclic amines) is 1. The Morgan fingerprint density at radius 1 is 1.36 bits per heavy atom. The standard InChI is InChI=1S/C16H23N3O2.ClH/c1-12(20)13-5-3-6-14(9-13)18-16(21)11-19-8-4-7-15(10-19)17-2;/h3,5-6,9,15,17H,4,7-8,10-11H2,1-2H3,(H,18,21);1H. The zero-order valence-corrected chi connectivity index (χ0v) is 13.9. The summed E-state index contributed by atoms with van der Waals surface area (Å²) in [7, 11) is 1.96.